The SMILES string of the molecule is C.C.C.CCc1c[nH]c(=O)[nH]c1=O.CCc1cnc(Cl)nc1Cl.O=c1[nH]cc(CO)c(=O)[nH]1. The molecule has 0 aliphatic carbocycles. The number of halogens is 2. The number of aliphatic hydroxyl groups is 1. The fourth-order valence-electron chi connectivity index (χ4n) is 1.86. The zero-order valence-electron chi connectivity index (χ0n) is 16.1. The zero-order chi connectivity index (χ0) is 22.7. The second kappa shape index (κ2) is 17.5. The van der Waals surface area contributed by atoms with Crippen LogP contribution in [0.15, 0.2) is 37.8 Å². The summed E-state index contributed by atoms with van der Waals surface area (Å²) >= 11 is 11.2. The highest BCUT2D eigenvalue weighted by molar-refractivity contribution is 6.32. The standard InChI is InChI=1S/C6H6Cl2N2.C6H8N2O2.C5H6N2O3.3CH4/c1-2-4-3-9-6(8)10-5(4)7;1-2-4-3-7-6(10)8-5(4)9;8-2-3-1-6-5(10)7-4(3)9;;;/h3H,2H2,1H3;3H,2H2,1H3,(H2,7,8,9,10);1,8H,2H2,(H2,6,7,9,10);3*1H4. The molecular formula is C20H32Cl2N6O5. The summed E-state index contributed by atoms with van der Waals surface area (Å²) in [6, 6.07) is 0. The summed E-state index contributed by atoms with van der Waals surface area (Å²) in [6.45, 7) is 3.47. The highest BCUT2D eigenvalue weighted by Crippen LogP contribution is 2.13. The van der Waals surface area contributed by atoms with E-state index in [1.54, 1.807) is 6.20 Å². The lowest BCUT2D eigenvalue weighted by atomic mass is 10.3. The summed E-state index contributed by atoms with van der Waals surface area (Å²) in [4.78, 5) is 58.5. The van der Waals surface area contributed by atoms with Crippen LogP contribution in [0.4, 0.5) is 0 Å². The topological polar surface area (TPSA) is 177 Å². The molecule has 33 heavy (non-hydrogen) atoms. The second-order valence-electron chi connectivity index (χ2n) is 5.51. The van der Waals surface area contributed by atoms with Crippen molar-refractivity contribution in [2.75, 3.05) is 0 Å². The predicted molar refractivity (Wildman–Crippen MR) is 132 cm³/mol. The van der Waals surface area contributed by atoms with Gasteiger partial charge in [-0.25, -0.2) is 19.6 Å². The first kappa shape index (κ1) is 34.6. The molecule has 3 aromatic rings. The van der Waals surface area contributed by atoms with E-state index in [9.17, 15) is 19.2 Å². The molecule has 0 saturated heterocycles. The number of nitrogens with zero attached hydrogens (tertiary/aromatic N) is 2. The minimum absolute atomic E-state index is 0. The lowest BCUT2D eigenvalue weighted by Gasteiger charge is -1.96. The first-order valence-corrected chi connectivity index (χ1v) is 9.36. The molecule has 3 aromatic heterocycles. The smallest absolute Gasteiger partial charge is 0.325 e. The van der Waals surface area contributed by atoms with E-state index in [-0.39, 0.29) is 45.3 Å². The lowest BCUT2D eigenvalue weighted by Crippen LogP contribution is -2.24. The fourth-order valence-corrected chi connectivity index (χ4v) is 2.30. The molecule has 0 saturated carbocycles. The molecule has 186 valence electrons. The van der Waals surface area contributed by atoms with Crippen molar-refractivity contribution < 1.29 is 5.11 Å². The highest BCUT2D eigenvalue weighted by Gasteiger charge is 1.99. The molecule has 0 bridgehead atoms. The van der Waals surface area contributed by atoms with Crippen molar-refractivity contribution in [1.29, 1.82) is 0 Å². The van der Waals surface area contributed by atoms with E-state index >= 15 is 0 Å². The molecule has 0 fully saturated rings. The van der Waals surface area contributed by atoms with Crippen molar-refractivity contribution in [3.63, 3.8) is 0 Å². The Balaban J connectivity index is -0.000000391. The maximum Gasteiger partial charge on any atom is 0.325 e. The molecule has 0 aliphatic rings. The van der Waals surface area contributed by atoms with E-state index in [4.69, 9.17) is 28.3 Å². The van der Waals surface area contributed by atoms with E-state index in [1.165, 1.54) is 12.4 Å². The summed E-state index contributed by atoms with van der Waals surface area (Å²) in [5.74, 6) is 0. The van der Waals surface area contributed by atoms with Crippen LogP contribution in [0.1, 0.15) is 52.8 Å². The van der Waals surface area contributed by atoms with Crippen LogP contribution >= 0.6 is 23.2 Å². The molecule has 0 spiro atoms. The van der Waals surface area contributed by atoms with Gasteiger partial charge in [0.05, 0.1) is 12.2 Å². The Hall–Kier alpha value is -3.02. The van der Waals surface area contributed by atoms with E-state index in [2.05, 4.69) is 24.9 Å². The van der Waals surface area contributed by atoms with Crippen LogP contribution in [0.25, 0.3) is 0 Å². The van der Waals surface area contributed by atoms with Crippen LogP contribution in [-0.2, 0) is 19.4 Å². The Bertz CT molecular complexity index is 1120. The Morgan fingerprint density at radius 3 is 1.64 bits per heavy atom. The number of rotatable bonds is 3. The summed E-state index contributed by atoms with van der Waals surface area (Å²) in [5.41, 5.74) is -0.202. The van der Waals surface area contributed by atoms with E-state index in [0.717, 1.165) is 12.0 Å². The molecule has 0 unspecified atom stereocenters. The van der Waals surface area contributed by atoms with E-state index in [0.29, 0.717) is 17.1 Å². The van der Waals surface area contributed by atoms with Crippen molar-refractivity contribution in [2.45, 2.75) is 55.6 Å². The summed E-state index contributed by atoms with van der Waals surface area (Å²) < 4.78 is 0. The zero-order valence-corrected chi connectivity index (χ0v) is 17.6. The van der Waals surface area contributed by atoms with Crippen molar-refractivity contribution in [1.82, 2.24) is 29.9 Å². The summed E-state index contributed by atoms with van der Waals surface area (Å²) in [5, 5.41) is 9.11. The number of hydrogen-bond donors (Lipinski definition) is 5. The average Bonchev–Trinajstić information content (AvgIpc) is 2.69. The average molecular weight is 507 g/mol. The quantitative estimate of drug-likeness (QED) is 0.267. The Labute approximate surface area is 201 Å². The van der Waals surface area contributed by atoms with Gasteiger partial charge in [-0.3, -0.25) is 19.6 Å². The minimum Gasteiger partial charge on any atom is -0.391 e. The van der Waals surface area contributed by atoms with Crippen LogP contribution in [0.5, 0.6) is 0 Å². The molecule has 5 N–H and O–H groups in total. The maximum absolute atomic E-state index is 10.8. The Morgan fingerprint density at radius 2 is 1.27 bits per heavy atom. The molecule has 3 heterocycles. The second-order valence-corrected chi connectivity index (χ2v) is 6.21. The highest BCUT2D eigenvalue weighted by atomic mass is 35.5. The van der Waals surface area contributed by atoms with Gasteiger partial charge in [-0.15, -0.1) is 0 Å². The molecular weight excluding hydrogens is 475 g/mol. The van der Waals surface area contributed by atoms with Gasteiger partial charge >= 0.3 is 11.4 Å². The third-order valence-electron chi connectivity index (χ3n) is 3.51. The largest absolute Gasteiger partial charge is 0.391 e. The van der Waals surface area contributed by atoms with Crippen molar-refractivity contribution in [2.24, 2.45) is 0 Å². The summed E-state index contributed by atoms with van der Waals surface area (Å²) in [7, 11) is 0. The molecule has 0 radical (unpaired) electrons. The number of aromatic amines is 4. The fraction of sp³-hybridized carbons (Fsp3) is 0.400. The van der Waals surface area contributed by atoms with Crippen molar-refractivity contribution in [3.8, 4) is 0 Å². The first-order valence-electron chi connectivity index (χ1n) is 8.61. The molecule has 13 heteroatoms. The van der Waals surface area contributed by atoms with Gasteiger partial charge in [-0.2, -0.15) is 0 Å². The minimum atomic E-state index is -0.567. The number of nitrogens with one attached hydrogen (secondary N) is 4. The van der Waals surface area contributed by atoms with Gasteiger partial charge in [0.15, 0.2) is 0 Å². The molecule has 0 aromatic carbocycles. The lowest BCUT2D eigenvalue weighted by molar-refractivity contribution is 0.279. The molecule has 0 amide bonds. The number of aromatic nitrogens is 6. The Morgan fingerprint density at radius 1 is 0.818 bits per heavy atom. The Kier molecular flexibility index (Phi) is 18.4. The van der Waals surface area contributed by atoms with E-state index in [1.807, 2.05) is 18.8 Å². The van der Waals surface area contributed by atoms with Crippen LogP contribution in [-0.4, -0.2) is 35.0 Å². The molecule has 0 atom stereocenters. The molecule has 0 aliphatic heterocycles. The number of H-pyrrole nitrogens is 4. The normalized spacial score (nSPS) is 8.88. The van der Waals surface area contributed by atoms with Crippen LogP contribution < -0.4 is 22.5 Å². The molecule has 3 rings (SSSR count). The van der Waals surface area contributed by atoms with Gasteiger partial charge in [-0.1, -0.05) is 47.7 Å². The maximum atomic E-state index is 10.8. The van der Waals surface area contributed by atoms with Crippen molar-refractivity contribution in [3.05, 3.63) is 87.4 Å². The van der Waals surface area contributed by atoms with Gasteiger partial charge in [-0.05, 0) is 24.4 Å². The third kappa shape index (κ3) is 12.0. The van der Waals surface area contributed by atoms with Crippen LogP contribution in [0.3, 0.4) is 0 Å². The number of aryl methyl sites for hydroxylation is 2. The number of aliphatic hydroxyl groups excluding tert-OH is 1. The van der Waals surface area contributed by atoms with Gasteiger partial charge < -0.3 is 15.1 Å². The number of hydrogen-bond acceptors (Lipinski definition) is 7. The van der Waals surface area contributed by atoms with Gasteiger partial charge in [0.25, 0.3) is 11.1 Å². The monoisotopic (exact) mass is 506 g/mol. The predicted octanol–water partition coefficient (Wildman–Crippen LogP) is 2.44. The van der Waals surface area contributed by atoms with E-state index < -0.39 is 16.9 Å². The van der Waals surface area contributed by atoms with Crippen LogP contribution in [0, 0.1) is 0 Å². The summed E-state index contributed by atoms with van der Waals surface area (Å²) in [6.07, 6.45) is 5.71. The van der Waals surface area contributed by atoms with Gasteiger partial charge in [0.1, 0.15) is 5.15 Å². The van der Waals surface area contributed by atoms with Gasteiger partial charge in [0, 0.05) is 29.7 Å². The van der Waals surface area contributed by atoms with Gasteiger partial charge in [0.2, 0.25) is 5.28 Å². The molecule has 11 nitrogen and oxygen atoms in total. The first-order chi connectivity index (χ1) is 14.2. The third-order valence-corrected chi connectivity index (χ3v) is 4.02. The van der Waals surface area contributed by atoms with Crippen molar-refractivity contribution >= 4 is 23.2 Å². The van der Waals surface area contributed by atoms with Crippen LogP contribution in [0.2, 0.25) is 10.4 Å².